The van der Waals surface area contributed by atoms with E-state index >= 15 is 0 Å². The molecule has 0 spiro atoms. The molecule has 0 atom stereocenters. The number of hydrogen-bond acceptors (Lipinski definition) is 0. The minimum absolute atomic E-state index is 0. The minimum atomic E-state index is 0. The van der Waals surface area contributed by atoms with Gasteiger partial charge in [0.1, 0.15) is 0 Å². The van der Waals surface area contributed by atoms with Crippen molar-refractivity contribution in [2.24, 2.45) is 11.8 Å². The molecule has 2 heteroatoms. The van der Waals surface area contributed by atoms with E-state index in [1.807, 2.05) is 46.3 Å². The second-order valence-corrected chi connectivity index (χ2v) is 4.81. The molecule has 0 nitrogen and oxygen atoms in total. The molecule has 1 radical (unpaired) electrons. The summed E-state index contributed by atoms with van der Waals surface area (Å²) in [5.41, 5.74) is 0. The maximum atomic E-state index is 3.21. The van der Waals surface area contributed by atoms with Crippen LogP contribution in [0.25, 0.3) is 0 Å². The molecule has 0 aromatic heterocycles. The Balaban J connectivity index is -0.000000142. The van der Waals surface area contributed by atoms with Gasteiger partial charge < -0.3 is 6.42 Å². The summed E-state index contributed by atoms with van der Waals surface area (Å²) in [6.07, 6.45) is 11.4. The summed E-state index contributed by atoms with van der Waals surface area (Å²) >= 11 is 2.60. The van der Waals surface area contributed by atoms with Crippen molar-refractivity contribution in [3.05, 3.63) is 30.7 Å². The Morgan fingerprint density at radius 3 is 1.78 bits per heavy atom. The van der Waals surface area contributed by atoms with Crippen molar-refractivity contribution in [1.29, 1.82) is 0 Å². The molecule has 0 saturated heterocycles. The third kappa shape index (κ3) is 30.0. The van der Waals surface area contributed by atoms with Gasteiger partial charge in [0.15, 0.2) is 0 Å². The van der Waals surface area contributed by atoms with Gasteiger partial charge in [-0.25, -0.2) is 0 Å². The predicted octanol–water partition coefficient (Wildman–Crippen LogP) is 5.19. The molecule has 0 rings (SSSR count). The maximum absolute atomic E-state index is 3.21. The van der Waals surface area contributed by atoms with E-state index in [1.165, 1.54) is 4.23 Å². The zero-order valence-corrected chi connectivity index (χ0v) is 16.2. The van der Waals surface area contributed by atoms with Crippen LogP contribution in [-0.2, 0) is 35.5 Å². The summed E-state index contributed by atoms with van der Waals surface area (Å²) < 4.78 is 1.35. The van der Waals surface area contributed by atoms with Gasteiger partial charge in [-0.1, -0.05) is 13.8 Å². The molecule has 0 amide bonds. The Labute approximate surface area is 137 Å². The maximum Gasteiger partial charge on any atom is 0 e. The van der Waals surface area contributed by atoms with Crippen LogP contribution in [0, 0.1) is 24.3 Å². The van der Waals surface area contributed by atoms with E-state index in [0.717, 1.165) is 0 Å². The zero-order chi connectivity index (χ0) is 14.3. The Morgan fingerprint density at radius 1 is 1.11 bits per heavy atom. The average Bonchev–Trinajstić information content (AvgIpc) is 2.27. The smallest absolute Gasteiger partial charge is 0 e. The van der Waals surface area contributed by atoms with Gasteiger partial charge in [-0.2, -0.15) is 13.8 Å². The van der Waals surface area contributed by atoms with Gasteiger partial charge in [0.2, 0.25) is 0 Å². The summed E-state index contributed by atoms with van der Waals surface area (Å²) in [6.45, 7) is 16.6. The fourth-order valence-corrected chi connectivity index (χ4v) is 0.722. The van der Waals surface area contributed by atoms with Crippen molar-refractivity contribution in [3.8, 4) is 0 Å². The first-order chi connectivity index (χ1) is 7.95. The van der Waals surface area contributed by atoms with Crippen LogP contribution in [0.4, 0.5) is 0 Å². The summed E-state index contributed by atoms with van der Waals surface area (Å²) in [4.78, 5) is 0. The van der Waals surface area contributed by atoms with Crippen molar-refractivity contribution >= 4 is 4.23 Å². The molecule has 0 aliphatic carbocycles. The van der Waals surface area contributed by atoms with Gasteiger partial charge >= 0.3 is 85.0 Å². The molecule has 0 aromatic rings. The van der Waals surface area contributed by atoms with Crippen LogP contribution >= 0.6 is 0 Å². The normalized spacial score (nSPS) is 9.78. The minimum Gasteiger partial charge on any atom is -0.335 e. The SMILES string of the molecule is CC.CC(C)[C-]=CC=C[C](=[V+2])C(C)C.C[CH-]C.[V]. The molecular weight excluding hydrogens is 294 g/mol. The summed E-state index contributed by atoms with van der Waals surface area (Å²) in [5.74, 6) is 1.14. The monoisotopic (exact) mass is 324 g/mol. The van der Waals surface area contributed by atoms with E-state index in [9.17, 15) is 0 Å². The fraction of sp³-hybridized carbons (Fsp3) is 0.625. The van der Waals surface area contributed by atoms with Crippen LogP contribution in [0.1, 0.15) is 55.4 Å². The molecule has 0 bridgehead atoms. The average molecular weight is 324 g/mol. The molecular formula is C16H30V2. The summed E-state index contributed by atoms with van der Waals surface area (Å²) in [6, 6.07) is 0. The first-order valence-corrected chi connectivity index (χ1v) is 7.21. The van der Waals surface area contributed by atoms with E-state index in [-0.39, 0.29) is 18.6 Å². The summed E-state index contributed by atoms with van der Waals surface area (Å²) in [5, 5.41) is 0. The van der Waals surface area contributed by atoms with Gasteiger partial charge in [0.25, 0.3) is 0 Å². The quantitative estimate of drug-likeness (QED) is 0.493. The molecule has 0 aromatic carbocycles. The van der Waals surface area contributed by atoms with E-state index in [1.54, 1.807) is 0 Å². The molecule has 0 N–H and O–H groups in total. The van der Waals surface area contributed by atoms with Crippen molar-refractivity contribution < 1.29 is 35.5 Å². The Hall–Kier alpha value is 0.519. The molecule has 18 heavy (non-hydrogen) atoms. The number of rotatable bonds is 4. The number of allylic oxidation sites excluding steroid dienone is 4. The van der Waals surface area contributed by atoms with Crippen LogP contribution < -0.4 is 0 Å². The van der Waals surface area contributed by atoms with Gasteiger partial charge in [0, 0.05) is 18.6 Å². The molecule has 0 heterocycles. The third-order valence-electron chi connectivity index (χ3n) is 1.38. The van der Waals surface area contributed by atoms with E-state index in [2.05, 4.69) is 56.8 Å². The Bertz CT molecular complexity index is 201. The van der Waals surface area contributed by atoms with Crippen LogP contribution in [0.3, 0.4) is 0 Å². The van der Waals surface area contributed by atoms with Crippen molar-refractivity contribution in [3.63, 3.8) is 0 Å². The first-order valence-electron chi connectivity index (χ1n) is 6.51. The summed E-state index contributed by atoms with van der Waals surface area (Å²) in [7, 11) is 0. The van der Waals surface area contributed by atoms with Gasteiger partial charge in [-0.15, -0.1) is 0 Å². The Morgan fingerprint density at radius 2 is 1.50 bits per heavy atom. The third-order valence-corrected chi connectivity index (χ3v) is 2.42. The van der Waals surface area contributed by atoms with Crippen molar-refractivity contribution in [2.75, 3.05) is 0 Å². The van der Waals surface area contributed by atoms with E-state index in [4.69, 9.17) is 0 Å². The molecule has 0 unspecified atom stereocenters. The first kappa shape index (κ1) is 27.0. The predicted molar refractivity (Wildman–Crippen MR) is 78.6 cm³/mol. The van der Waals surface area contributed by atoms with Gasteiger partial charge in [-0.05, 0) is 0 Å². The van der Waals surface area contributed by atoms with Crippen LogP contribution in [0.5, 0.6) is 0 Å². The standard InChI is InChI=1S/C11H17.C3H7.C2H6.2V/c1-10(2)8-6-5-7-9-11(3)4;1-3-2;1-2;;/h5-7,10-11H,1-4H3;3H,1-2H3;1-2H3;;/q2*-1;;;+2. The van der Waals surface area contributed by atoms with Crippen LogP contribution in [-0.4, -0.2) is 4.23 Å². The second-order valence-electron chi connectivity index (χ2n) is 4.00. The second kappa shape index (κ2) is 22.7. The largest absolute Gasteiger partial charge is 0.335 e. The van der Waals surface area contributed by atoms with Crippen LogP contribution in [0.2, 0.25) is 0 Å². The van der Waals surface area contributed by atoms with Crippen molar-refractivity contribution in [1.82, 2.24) is 0 Å². The van der Waals surface area contributed by atoms with E-state index < -0.39 is 0 Å². The van der Waals surface area contributed by atoms with E-state index in [0.29, 0.717) is 11.8 Å². The molecule has 0 aliphatic rings. The molecule has 0 aliphatic heterocycles. The van der Waals surface area contributed by atoms with Gasteiger partial charge in [0.05, 0.1) is 0 Å². The topological polar surface area (TPSA) is 0 Å². The molecule has 104 valence electrons. The molecule has 0 fully saturated rings. The fourth-order valence-electron chi connectivity index (χ4n) is 0.587. The zero-order valence-electron chi connectivity index (χ0n) is 13.4. The van der Waals surface area contributed by atoms with Gasteiger partial charge in [-0.3, -0.25) is 0 Å². The van der Waals surface area contributed by atoms with Crippen LogP contribution in [0.15, 0.2) is 18.2 Å². The van der Waals surface area contributed by atoms with Crippen molar-refractivity contribution in [2.45, 2.75) is 55.4 Å². The number of hydrogen-bond donors (Lipinski definition) is 0. The molecule has 0 saturated carbocycles. The Kier molecular flexibility index (Phi) is 34.0.